The number of nitrogens with two attached hydrogens (primary N) is 1. The van der Waals surface area contributed by atoms with Gasteiger partial charge in [-0.15, -0.1) is 0 Å². The Morgan fingerprint density at radius 2 is 2.11 bits per heavy atom. The molecule has 1 fully saturated rings. The lowest BCUT2D eigenvalue weighted by Gasteiger charge is -2.20. The molecule has 2 rings (SSSR count). The second kappa shape index (κ2) is 4.78. The first-order valence-corrected chi connectivity index (χ1v) is 7.37. The summed E-state index contributed by atoms with van der Waals surface area (Å²) in [6, 6.07) is 3.47. The van der Waals surface area contributed by atoms with Crippen LogP contribution in [-0.4, -0.2) is 30.2 Å². The summed E-state index contributed by atoms with van der Waals surface area (Å²) in [7, 11) is -3.77. The van der Waals surface area contributed by atoms with Gasteiger partial charge in [0.1, 0.15) is 4.90 Å². The van der Waals surface area contributed by atoms with Crippen LogP contribution >= 0.6 is 0 Å². The van der Waals surface area contributed by atoms with Gasteiger partial charge < -0.3 is 5.73 Å². The summed E-state index contributed by atoms with van der Waals surface area (Å²) in [5.41, 5.74) is 5.41. The van der Waals surface area contributed by atoms with Crippen molar-refractivity contribution < 1.29 is 13.3 Å². The summed E-state index contributed by atoms with van der Waals surface area (Å²) in [4.78, 5) is 9.92. The van der Waals surface area contributed by atoms with E-state index in [0.29, 0.717) is 6.54 Å². The average Bonchev–Trinajstić information content (AvgIpc) is 3.14. The van der Waals surface area contributed by atoms with Crippen LogP contribution in [0.1, 0.15) is 19.8 Å². The fourth-order valence-corrected chi connectivity index (χ4v) is 3.80. The lowest BCUT2D eigenvalue weighted by atomic mass is 10.3. The summed E-state index contributed by atoms with van der Waals surface area (Å²) in [6.07, 6.45) is 1.64. The van der Waals surface area contributed by atoms with Gasteiger partial charge in [-0.1, -0.05) is 6.92 Å². The van der Waals surface area contributed by atoms with Gasteiger partial charge in [-0.05, 0) is 18.9 Å². The highest BCUT2D eigenvalue weighted by molar-refractivity contribution is 7.89. The Labute approximate surface area is 111 Å². The van der Waals surface area contributed by atoms with Crippen molar-refractivity contribution in [1.29, 1.82) is 0 Å². The Morgan fingerprint density at radius 3 is 2.58 bits per heavy atom. The van der Waals surface area contributed by atoms with Gasteiger partial charge in [-0.3, -0.25) is 10.1 Å². The molecule has 19 heavy (non-hydrogen) atoms. The highest BCUT2D eigenvalue weighted by atomic mass is 32.2. The Morgan fingerprint density at radius 1 is 1.47 bits per heavy atom. The van der Waals surface area contributed by atoms with Crippen LogP contribution in [0.4, 0.5) is 11.4 Å². The van der Waals surface area contributed by atoms with Gasteiger partial charge in [-0.25, -0.2) is 8.42 Å². The zero-order valence-corrected chi connectivity index (χ0v) is 11.3. The van der Waals surface area contributed by atoms with Gasteiger partial charge in [-0.2, -0.15) is 4.31 Å². The summed E-state index contributed by atoms with van der Waals surface area (Å²) >= 11 is 0. The standard InChI is InChI=1S/C11H15N3O4S/c1-2-13(8-3-4-8)19(17,18)11-7-9(14(15)16)5-6-10(11)12/h5-8H,2-4,12H2,1H3. The van der Waals surface area contributed by atoms with Crippen LogP contribution < -0.4 is 5.73 Å². The number of hydrogen-bond acceptors (Lipinski definition) is 5. The van der Waals surface area contributed by atoms with E-state index >= 15 is 0 Å². The predicted molar refractivity (Wildman–Crippen MR) is 70.1 cm³/mol. The van der Waals surface area contributed by atoms with E-state index in [1.54, 1.807) is 6.92 Å². The molecule has 1 saturated carbocycles. The Bertz CT molecular complexity index is 610. The molecule has 1 aromatic carbocycles. The molecular weight excluding hydrogens is 270 g/mol. The van der Waals surface area contributed by atoms with Crippen molar-refractivity contribution in [3.05, 3.63) is 28.3 Å². The van der Waals surface area contributed by atoms with E-state index in [4.69, 9.17) is 5.73 Å². The molecule has 2 N–H and O–H groups in total. The third-order valence-electron chi connectivity index (χ3n) is 3.06. The second-order valence-corrected chi connectivity index (χ2v) is 6.28. The summed E-state index contributed by atoms with van der Waals surface area (Å²) in [6.45, 7) is 2.07. The Kier molecular flexibility index (Phi) is 3.46. The van der Waals surface area contributed by atoms with Crippen LogP contribution in [-0.2, 0) is 10.0 Å². The smallest absolute Gasteiger partial charge is 0.270 e. The average molecular weight is 285 g/mol. The van der Waals surface area contributed by atoms with Gasteiger partial charge in [0.2, 0.25) is 10.0 Å². The molecule has 0 amide bonds. The molecule has 0 atom stereocenters. The van der Waals surface area contributed by atoms with Gasteiger partial charge in [0.05, 0.1) is 10.6 Å². The lowest BCUT2D eigenvalue weighted by Crippen LogP contribution is -2.33. The minimum Gasteiger partial charge on any atom is -0.398 e. The van der Waals surface area contributed by atoms with Crippen LogP contribution in [0.2, 0.25) is 0 Å². The third kappa shape index (κ3) is 2.54. The van der Waals surface area contributed by atoms with Gasteiger partial charge in [0.25, 0.3) is 5.69 Å². The van der Waals surface area contributed by atoms with E-state index in [-0.39, 0.29) is 22.3 Å². The van der Waals surface area contributed by atoms with E-state index < -0.39 is 14.9 Å². The number of non-ortho nitro benzene ring substituents is 1. The second-order valence-electron chi connectivity index (χ2n) is 4.42. The molecule has 0 aromatic heterocycles. The molecule has 0 spiro atoms. The number of sulfonamides is 1. The molecule has 1 aliphatic carbocycles. The first-order chi connectivity index (χ1) is 8.87. The molecular formula is C11H15N3O4S. The Balaban J connectivity index is 2.49. The van der Waals surface area contributed by atoms with E-state index in [1.807, 2.05) is 0 Å². The van der Waals surface area contributed by atoms with E-state index in [1.165, 1.54) is 16.4 Å². The first kappa shape index (κ1) is 13.8. The fourth-order valence-electron chi connectivity index (χ4n) is 1.97. The number of nitrogens with zero attached hydrogens (tertiary/aromatic N) is 2. The molecule has 0 bridgehead atoms. The largest absolute Gasteiger partial charge is 0.398 e. The minimum atomic E-state index is -3.77. The van der Waals surface area contributed by atoms with Crippen LogP contribution in [0, 0.1) is 10.1 Å². The molecule has 7 nitrogen and oxygen atoms in total. The number of nitrogen functional groups attached to an aromatic ring is 1. The fraction of sp³-hybridized carbons (Fsp3) is 0.455. The first-order valence-electron chi connectivity index (χ1n) is 5.93. The maximum Gasteiger partial charge on any atom is 0.270 e. The van der Waals surface area contributed by atoms with Gasteiger partial charge >= 0.3 is 0 Å². The number of rotatable bonds is 5. The van der Waals surface area contributed by atoms with Crippen molar-refractivity contribution >= 4 is 21.4 Å². The molecule has 8 heteroatoms. The lowest BCUT2D eigenvalue weighted by molar-refractivity contribution is -0.385. The van der Waals surface area contributed by atoms with Gasteiger partial charge in [0, 0.05) is 24.7 Å². The van der Waals surface area contributed by atoms with Crippen molar-refractivity contribution in [3.63, 3.8) is 0 Å². The third-order valence-corrected chi connectivity index (χ3v) is 5.14. The zero-order chi connectivity index (χ0) is 14.2. The summed E-state index contributed by atoms with van der Waals surface area (Å²) in [5.74, 6) is 0. The van der Waals surface area contributed by atoms with E-state index in [0.717, 1.165) is 18.9 Å². The molecule has 0 aliphatic heterocycles. The monoisotopic (exact) mass is 285 g/mol. The number of anilines is 1. The topological polar surface area (TPSA) is 107 Å². The van der Waals surface area contributed by atoms with Crippen LogP contribution in [0.15, 0.2) is 23.1 Å². The number of benzene rings is 1. The molecule has 104 valence electrons. The molecule has 1 aromatic rings. The number of nitro benzene ring substituents is 1. The number of hydrogen-bond donors (Lipinski definition) is 1. The van der Waals surface area contributed by atoms with Crippen molar-refractivity contribution in [1.82, 2.24) is 4.31 Å². The quantitative estimate of drug-likeness (QED) is 0.499. The maximum absolute atomic E-state index is 12.5. The zero-order valence-electron chi connectivity index (χ0n) is 10.4. The molecule has 0 unspecified atom stereocenters. The van der Waals surface area contributed by atoms with E-state index in [2.05, 4.69) is 0 Å². The highest BCUT2D eigenvalue weighted by Gasteiger charge is 2.38. The van der Waals surface area contributed by atoms with Crippen LogP contribution in [0.3, 0.4) is 0 Å². The van der Waals surface area contributed by atoms with Crippen molar-refractivity contribution in [2.45, 2.75) is 30.7 Å². The van der Waals surface area contributed by atoms with Crippen LogP contribution in [0.25, 0.3) is 0 Å². The summed E-state index contributed by atoms with van der Waals surface area (Å²) in [5, 5.41) is 10.7. The predicted octanol–water partition coefficient (Wildman–Crippen LogP) is 1.35. The van der Waals surface area contributed by atoms with Crippen molar-refractivity contribution in [2.75, 3.05) is 12.3 Å². The SMILES string of the molecule is CCN(C1CC1)S(=O)(=O)c1cc([N+](=O)[O-])ccc1N. The van der Waals surface area contributed by atoms with E-state index in [9.17, 15) is 18.5 Å². The summed E-state index contributed by atoms with van der Waals surface area (Å²) < 4.78 is 26.3. The van der Waals surface area contributed by atoms with Crippen molar-refractivity contribution in [3.8, 4) is 0 Å². The van der Waals surface area contributed by atoms with Crippen LogP contribution in [0.5, 0.6) is 0 Å². The Hall–Kier alpha value is -1.67. The molecule has 1 aliphatic rings. The van der Waals surface area contributed by atoms with Gasteiger partial charge in [0.15, 0.2) is 0 Å². The normalized spacial score (nSPS) is 15.7. The maximum atomic E-state index is 12.5. The van der Waals surface area contributed by atoms with Crippen molar-refractivity contribution in [2.24, 2.45) is 0 Å². The minimum absolute atomic E-state index is 0.00587. The number of nitro groups is 1. The molecule has 0 radical (unpaired) electrons. The highest BCUT2D eigenvalue weighted by Crippen LogP contribution is 2.34. The molecule has 0 heterocycles. The molecule has 0 saturated heterocycles.